The van der Waals surface area contributed by atoms with Gasteiger partial charge in [-0.15, -0.1) is 0 Å². The summed E-state index contributed by atoms with van der Waals surface area (Å²) in [6, 6.07) is 10.3. The predicted molar refractivity (Wildman–Crippen MR) is 100 cm³/mol. The standard InChI is InChI=1S/C21H25N3O2/c25-20(24-14-15-3-4-17(24)12-15)21(7-10-22-11-8-21)26-18-5-6-19-16(13-18)2-1-9-23-19/h1-2,5-6,9,13,15,17,22H,3-4,7-8,10-12,14H2/t15-,17-/m0/s1. The summed E-state index contributed by atoms with van der Waals surface area (Å²) in [5, 5.41) is 4.42. The van der Waals surface area contributed by atoms with Crippen molar-refractivity contribution in [2.24, 2.45) is 5.92 Å². The number of benzene rings is 1. The van der Waals surface area contributed by atoms with Gasteiger partial charge >= 0.3 is 0 Å². The number of piperidine rings is 2. The Kier molecular flexibility index (Phi) is 3.85. The van der Waals surface area contributed by atoms with Crippen molar-refractivity contribution in [3.63, 3.8) is 0 Å². The molecular formula is C21H25N3O2. The third kappa shape index (κ3) is 2.65. The van der Waals surface area contributed by atoms with Crippen molar-refractivity contribution in [3.05, 3.63) is 36.5 Å². The molecule has 1 amide bonds. The van der Waals surface area contributed by atoms with E-state index in [2.05, 4.69) is 15.2 Å². The second kappa shape index (κ2) is 6.23. The second-order valence-electron chi connectivity index (χ2n) is 7.99. The average molecular weight is 351 g/mol. The number of nitrogens with one attached hydrogen (secondary N) is 1. The van der Waals surface area contributed by atoms with Crippen LogP contribution >= 0.6 is 0 Å². The van der Waals surface area contributed by atoms with E-state index in [1.165, 1.54) is 12.8 Å². The maximum Gasteiger partial charge on any atom is 0.267 e. The van der Waals surface area contributed by atoms with Crippen molar-refractivity contribution in [1.29, 1.82) is 0 Å². The van der Waals surface area contributed by atoms with E-state index >= 15 is 0 Å². The number of hydrogen-bond donors (Lipinski definition) is 1. The number of aromatic nitrogens is 1. The summed E-state index contributed by atoms with van der Waals surface area (Å²) in [6.45, 7) is 2.56. The van der Waals surface area contributed by atoms with E-state index in [0.717, 1.165) is 55.5 Å². The Hall–Kier alpha value is -2.14. The van der Waals surface area contributed by atoms with Crippen molar-refractivity contribution in [1.82, 2.24) is 15.2 Å². The predicted octanol–water partition coefficient (Wildman–Crippen LogP) is 2.75. The lowest BCUT2D eigenvalue weighted by atomic mass is 9.89. The number of likely N-dealkylation sites (tertiary alicyclic amines) is 1. The molecule has 5 rings (SSSR count). The van der Waals surface area contributed by atoms with Crippen LogP contribution in [-0.2, 0) is 4.79 Å². The number of rotatable bonds is 3. The van der Waals surface area contributed by atoms with Crippen molar-refractivity contribution >= 4 is 16.8 Å². The van der Waals surface area contributed by atoms with E-state index < -0.39 is 5.60 Å². The Bertz CT molecular complexity index is 831. The SMILES string of the molecule is O=C(N1C[C@H]2CC[C@H]1C2)C1(Oc2ccc3ncccc3c2)CCNCC1. The zero-order valence-corrected chi connectivity index (χ0v) is 15.0. The summed E-state index contributed by atoms with van der Waals surface area (Å²) in [4.78, 5) is 20.0. The molecule has 2 bridgehead atoms. The number of pyridine rings is 1. The second-order valence-corrected chi connectivity index (χ2v) is 7.99. The number of amides is 1. The maximum absolute atomic E-state index is 13.5. The molecule has 0 spiro atoms. The molecular weight excluding hydrogens is 326 g/mol. The first kappa shape index (κ1) is 16.1. The van der Waals surface area contributed by atoms with Gasteiger partial charge in [-0.3, -0.25) is 9.78 Å². The zero-order chi connectivity index (χ0) is 17.6. The highest BCUT2D eigenvalue weighted by Crippen LogP contribution is 2.40. The van der Waals surface area contributed by atoms with Gasteiger partial charge in [0.25, 0.3) is 5.91 Å². The van der Waals surface area contributed by atoms with Crippen LogP contribution in [0, 0.1) is 5.92 Å². The molecule has 1 aromatic heterocycles. The molecule has 0 radical (unpaired) electrons. The summed E-state index contributed by atoms with van der Waals surface area (Å²) in [7, 11) is 0. The fourth-order valence-corrected chi connectivity index (χ4v) is 4.97. The molecule has 0 unspecified atom stereocenters. The Balaban J connectivity index is 1.45. The molecule has 2 atom stereocenters. The fourth-order valence-electron chi connectivity index (χ4n) is 4.97. The van der Waals surface area contributed by atoms with Crippen LogP contribution < -0.4 is 10.1 Å². The lowest BCUT2D eigenvalue weighted by molar-refractivity contribution is -0.152. The number of nitrogens with zero attached hydrogens (tertiary/aromatic N) is 2. The topological polar surface area (TPSA) is 54.5 Å². The third-order valence-electron chi connectivity index (χ3n) is 6.36. The van der Waals surface area contributed by atoms with E-state index in [4.69, 9.17) is 4.74 Å². The number of carbonyl (C=O) groups excluding carboxylic acids is 1. The number of fused-ring (bicyclic) bond motifs is 3. The Morgan fingerprint density at radius 2 is 2.12 bits per heavy atom. The van der Waals surface area contributed by atoms with Gasteiger partial charge in [-0.1, -0.05) is 6.07 Å². The molecule has 2 saturated heterocycles. The van der Waals surface area contributed by atoms with E-state index in [1.54, 1.807) is 6.20 Å². The molecule has 26 heavy (non-hydrogen) atoms. The minimum absolute atomic E-state index is 0.206. The molecule has 1 saturated carbocycles. The van der Waals surface area contributed by atoms with Gasteiger partial charge in [0, 0.05) is 37.0 Å². The highest BCUT2D eigenvalue weighted by Gasteiger charge is 2.50. The van der Waals surface area contributed by atoms with Gasteiger partial charge in [-0.2, -0.15) is 0 Å². The van der Waals surface area contributed by atoms with E-state index in [0.29, 0.717) is 12.0 Å². The van der Waals surface area contributed by atoms with E-state index in [-0.39, 0.29) is 5.91 Å². The lowest BCUT2D eigenvalue weighted by Gasteiger charge is -2.41. The van der Waals surface area contributed by atoms with Crippen molar-refractivity contribution < 1.29 is 9.53 Å². The van der Waals surface area contributed by atoms with Crippen molar-refractivity contribution in [3.8, 4) is 5.75 Å². The first-order chi connectivity index (χ1) is 12.7. The summed E-state index contributed by atoms with van der Waals surface area (Å²) >= 11 is 0. The van der Waals surface area contributed by atoms with Crippen LogP contribution in [0.15, 0.2) is 36.5 Å². The molecule has 1 aromatic carbocycles. The molecule has 1 N–H and O–H groups in total. The minimum Gasteiger partial charge on any atom is -0.477 e. The van der Waals surface area contributed by atoms with Gasteiger partial charge in [0.05, 0.1) is 5.52 Å². The average Bonchev–Trinajstić information content (AvgIpc) is 3.31. The first-order valence-electron chi connectivity index (χ1n) is 9.79. The smallest absolute Gasteiger partial charge is 0.267 e. The van der Waals surface area contributed by atoms with Gasteiger partial charge < -0.3 is 15.0 Å². The first-order valence-corrected chi connectivity index (χ1v) is 9.79. The monoisotopic (exact) mass is 351 g/mol. The molecule has 2 aliphatic heterocycles. The molecule has 5 heteroatoms. The lowest BCUT2D eigenvalue weighted by Crippen LogP contribution is -2.59. The van der Waals surface area contributed by atoms with Crippen LogP contribution in [0.5, 0.6) is 5.75 Å². The highest BCUT2D eigenvalue weighted by atomic mass is 16.5. The molecule has 136 valence electrons. The normalized spacial score (nSPS) is 27.0. The molecule has 5 nitrogen and oxygen atoms in total. The van der Waals surface area contributed by atoms with Gasteiger partial charge in [0.15, 0.2) is 5.60 Å². The van der Waals surface area contributed by atoms with Gasteiger partial charge in [-0.05, 0) is 62.5 Å². The number of ether oxygens (including phenoxy) is 1. The molecule has 1 aliphatic carbocycles. The number of carbonyl (C=O) groups is 1. The minimum atomic E-state index is -0.731. The van der Waals surface area contributed by atoms with E-state index in [1.807, 2.05) is 30.3 Å². The molecule has 3 heterocycles. The highest BCUT2D eigenvalue weighted by molar-refractivity contribution is 5.87. The Morgan fingerprint density at radius 1 is 1.23 bits per heavy atom. The maximum atomic E-state index is 13.5. The molecule has 3 fully saturated rings. The van der Waals surface area contributed by atoms with Crippen molar-refractivity contribution in [2.75, 3.05) is 19.6 Å². The number of hydrogen-bond acceptors (Lipinski definition) is 4. The summed E-state index contributed by atoms with van der Waals surface area (Å²) in [6.07, 6.45) is 6.87. The summed E-state index contributed by atoms with van der Waals surface area (Å²) in [5.41, 5.74) is 0.216. The fraction of sp³-hybridized carbons (Fsp3) is 0.524. The van der Waals surface area contributed by atoms with Crippen LogP contribution in [-0.4, -0.2) is 47.1 Å². The Morgan fingerprint density at radius 3 is 2.88 bits per heavy atom. The van der Waals surface area contributed by atoms with Crippen molar-refractivity contribution in [2.45, 2.75) is 43.7 Å². The van der Waals surface area contributed by atoms with Crippen LogP contribution in [0.1, 0.15) is 32.1 Å². The van der Waals surface area contributed by atoms with E-state index in [9.17, 15) is 4.79 Å². The van der Waals surface area contributed by atoms with Gasteiger partial charge in [0.2, 0.25) is 0 Å². The van der Waals surface area contributed by atoms with Crippen LogP contribution in [0.4, 0.5) is 0 Å². The van der Waals surface area contributed by atoms with Crippen LogP contribution in [0.25, 0.3) is 10.9 Å². The van der Waals surface area contributed by atoms with Gasteiger partial charge in [0.1, 0.15) is 5.75 Å². The summed E-state index contributed by atoms with van der Waals surface area (Å²) < 4.78 is 6.47. The van der Waals surface area contributed by atoms with Crippen LogP contribution in [0.2, 0.25) is 0 Å². The van der Waals surface area contributed by atoms with Crippen LogP contribution in [0.3, 0.4) is 0 Å². The largest absolute Gasteiger partial charge is 0.477 e. The van der Waals surface area contributed by atoms with Gasteiger partial charge in [-0.25, -0.2) is 0 Å². The quantitative estimate of drug-likeness (QED) is 0.924. The summed E-state index contributed by atoms with van der Waals surface area (Å²) in [5.74, 6) is 1.68. The molecule has 3 aliphatic rings. The molecule has 2 aromatic rings. The third-order valence-corrected chi connectivity index (χ3v) is 6.36. The zero-order valence-electron chi connectivity index (χ0n) is 15.0. The Labute approximate surface area is 153 Å².